The third-order valence-corrected chi connectivity index (χ3v) is 5.29. The van der Waals surface area contributed by atoms with Gasteiger partial charge in [-0.05, 0) is 30.9 Å². The Hall–Kier alpha value is -1.30. The van der Waals surface area contributed by atoms with Crippen LogP contribution in [0.25, 0.3) is 0 Å². The summed E-state index contributed by atoms with van der Waals surface area (Å²) in [5.41, 5.74) is 0.129. The van der Waals surface area contributed by atoms with Gasteiger partial charge in [0.05, 0.1) is 16.5 Å². The fraction of sp³-hybridized carbons (Fsp3) is 0.562. The molecule has 22 heavy (non-hydrogen) atoms. The average molecular weight is 325 g/mol. The molecule has 0 radical (unpaired) electrons. The van der Waals surface area contributed by atoms with E-state index >= 15 is 0 Å². The smallest absolute Gasteiger partial charge is 0.230 e. The van der Waals surface area contributed by atoms with Gasteiger partial charge in [0.1, 0.15) is 5.75 Å². The lowest BCUT2D eigenvalue weighted by Gasteiger charge is -2.47. The second-order valence-electron chi connectivity index (χ2n) is 6.28. The predicted molar refractivity (Wildman–Crippen MR) is 83.7 cm³/mol. The summed E-state index contributed by atoms with van der Waals surface area (Å²) in [5.74, 6) is 0.0271. The molecule has 0 saturated carbocycles. The molecule has 6 heteroatoms. The van der Waals surface area contributed by atoms with Gasteiger partial charge < -0.3 is 15.5 Å². The Bertz CT molecular complexity index is 581. The molecule has 2 aliphatic heterocycles. The molecule has 1 spiro atoms. The molecule has 3 rings (SSSR count). The Morgan fingerprint density at radius 2 is 2.27 bits per heavy atom. The van der Waals surface area contributed by atoms with Crippen LogP contribution in [-0.2, 0) is 11.3 Å². The first kappa shape index (κ1) is 15.6. The highest BCUT2D eigenvalue weighted by Gasteiger charge is 2.49. The highest BCUT2D eigenvalue weighted by molar-refractivity contribution is 6.32. The van der Waals surface area contributed by atoms with Crippen LogP contribution >= 0.6 is 11.6 Å². The van der Waals surface area contributed by atoms with Crippen molar-refractivity contribution in [3.05, 3.63) is 28.8 Å². The zero-order valence-corrected chi connectivity index (χ0v) is 13.1. The summed E-state index contributed by atoms with van der Waals surface area (Å²) < 4.78 is 0. The molecule has 5 nitrogen and oxygen atoms in total. The van der Waals surface area contributed by atoms with E-state index in [-0.39, 0.29) is 11.7 Å². The van der Waals surface area contributed by atoms with Gasteiger partial charge in [0.25, 0.3) is 0 Å². The van der Waals surface area contributed by atoms with Crippen LogP contribution in [0.1, 0.15) is 24.8 Å². The minimum atomic E-state index is -0.709. The Kier molecular flexibility index (Phi) is 4.30. The standard InChI is InChI=1S/C16H21ClN2O3/c17-14-11(3-1-4-12(14)20)9-19-8-5-13(21)16(10-19)6-2-7-18-15(16)22/h1,3-4,13,20-21H,2,5-10H2,(H,18,22)/t13-,16+/m0/s1. The van der Waals surface area contributed by atoms with Crippen LogP contribution in [0.2, 0.25) is 5.02 Å². The number of aliphatic hydroxyl groups is 1. The number of phenols is 1. The van der Waals surface area contributed by atoms with Crippen LogP contribution in [-0.4, -0.2) is 46.8 Å². The number of halogens is 1. The number of aromatic hydroxyl groups is 1. The average Bonchev–Trinajstić information content (AvgIpc) is 2.50. The lowest BCUT2D eigenvalue weighted by Crippen LogP contribution is -2.61. The quantitative estimate of drug-likeness (QED) is 0.771. The van der Waals surface area contributed by atoms with E-state index in [2.05, 4.69) is 10.2 Å². The number of amides is 1. The zero-order chi connectivity index (χ0) is 15.7. The normalized spacial score (nSPS) is 29.5. The van der Waals surface area contributed by atoms with E-state index in [4.69, 9.17) is 11.6 Å². The second kappa shape index (κ2) is 6.07. The summed E-state index contributed by atoms with van der Waals surface area (Å²) in [4.78, 5) is 14.5. The molecule has 120 valence electrons. The van der Waals surface area contributed by atoms with Gasteiger partial charge in [-0.3, -0.25) is 9.69 Å². The molecule has 2 aliphatic rings. The van der Waals surface area contributed by atoms with Gasteiger partial charge in [-0.15, -0.1) is 0 Å². The Morgan fingerprint density at radius 1 is 1.45 bits per heavy atom. The molecule has 2 fully saturated rings. The third kappa shape index (κ3) is 2.69. The number of nitrogens with one attached hydrogen (secondary N) is 1. The van der Waals surface area contributed by atoms with Gasteiger partial charge in [0.2, 0.25) is 5.91 Å². The first-order chi connectivity index (χ1) is 10.5. The summed E-state index contributed by atoms with van der Waals surface area (Å²) in [6.07, 6.45) is 1.58. The molecule has 1 amide bonds. The van der Waals surface area contributed by atoms with Gasteiger partial charge in [-0.1, -0.05) is 23.7 Å². The molecular formula is C16H21ClN2O3. The first-order valence-corrected chi connectivity index (χ1v) is 8.06. The van der Waals surface area contributed by atoms with Crippen LogP contribution in [0.5, 0.6) is 5.75 Å². The van der Waals surface area contributed by atoms with Crippen molar-refractivity contribution >= 4 is 17.5 Å². The van der Waals surface area contributed by atoms with Gasteiger partial charge in [0, 0.05) is 26.2 Å². The van der Waals surface area contributed by atoms with E-state index in [1.54, 1.807) is 12.1 Å². The number of phenolic OH excluding ortho intramolecular Hbond substituents is 1. The number of piperidine rings is 2. The number of likely N-dealkylation sites (tertiary alicyclic amines) is 1. The number of carbonyl (C=O) groups excluding carboxylic acids is 1. The third-order valence-electron chi connectivity index (χ3n) is 4.85. The van der Waals surface area contributed by atoms with E-state index < -0.39 is 11.5 Å². The van der Waals surface area contributed by atoms with Crippen molar-refractivity contribution in [3.63, 3.8) is 0 Å². The number of hydrogen-bond acceptors (Lipinski definition) is 4. The van der Waals surface area contributed by atoms with Crippen molar-refractivity contribution < 1.29 is 15.0 Å². The maximum Gasteiger partial charge on any atom is 0.230 e. The van der Waals surface area contributed by atoms with Crippen LogP contribution in [0.15, 0.2) is 18.2 Å². The van der Waals surface area contributed by atoms with E-state index in [1.165, 1.54) is 0 Å². The van der Waals surface area contributed by atoms with E-state index in [0.29, 0.717) is 44.0 Å². The molecule has 1 aromatic rings. The molecule has 3 N–H and O–H groups in total. The summed E-state index contributed by atoms with van der Waals surface area (Å²) >= 11 is 6.14. The first-order valence-electron chi connectivity index (χ1n) is 7.68. The molecule has 2 atom stereocenters. The van der Waals surface area contributed by atoms with Crippen molar-refractivity contribution in [2.75, 3.05) is 19.6 Å². The van der Waals surface area contributed by atoms with Gasteiger partial charge in [0.15, 0.2) is 0 Å². The number of rotatable bonds is 2. The molecule has 0 aliphatic carbocycles. The Morgan fingerprint density at radius 3 is 3.05 bits per heavy atom. The zero-order valence-electron chi connectivity index (χ0n) is 12.4. The van der Waals surface area contributed by atoms with E-state index in [9.17, 15) is 15.0 Å². The van der Waals surface area contributed by atoms with Crippen LogP contribution in [0.3, 0.4) is 0 Å². The van der Waals surface area contributed by atoms with Gasteiger partial charge in [-0.25, -0.2) is 0 Å². The summed E-state index contributed by atoms with van der Waals surface area (Å²) in [7, 11) is 0. The Labute approximate surface area is 134 Å². The number of carbonyl (C=O) groups is 1. The largest absolute Gasteiger partial charge is 0.506 e. The maximum absolute atomic E-state index is 12.3. The van der Waals surface area contributed by atoms with Crippen molar-refractivity contribution in [1.29, 1.82) is 0 Å². The minimum Gasteiger partial charge on any atom is -0.506 e. The topological polar surface area (TPSA) is 72.8 Å². The lowest BCUT2D eigenvalue weighted by atomic mass is 9.71. The van der Waals surface area contributed by atoms with Crippen LogP contribution < -0.4 is 5.32 Å². The highest BCUT2D eigenvalue weighted by atomic mass is 35.5. The lowest BCUT2D eigenvalue weighted by molar-refractivity contribution is -0.149. The molecule has 0 unspecified atom stereocenters. The monoisotopic (exact) mass is 324 g/mol. The summed E-state index contributed by atoms with van der Waals surface area (Å²) in [6, 6.07) is 5.20. The number of hydrogen-bond donors (Lipinski definition) is 3. The number of nitrogens with zero attached hydrogens (tertiary/aromatic N) is 1. The molecule has 0 bridgehead atoms. The highest BCUT2D eigenvalue weighted by Crippen LogP contribution is 2.38. The fourth-order valence-electron chi connectivity index (χ4n) is 3.59. The van der Waals surface area contributed by atoms with Crippen molar-refractivity contribution in [2.45, 2.75) is 31.9 Å². The van der Waals surface area contributed by atoms with Crippen LogP contribution in [0.4, 0.5) is 0 Å². The van der Waals surface area contributed by atoms with Crippen molar-refractivity contribution in [2.24, 2.45) is 5.41 Å². The molecule has 2 saturated heterocycles. The van der Waals surface area contributed by atoms with Gasteiger partial charge >= 0.3 is 0 Å². The van der Waals surface area contributed by atoms with Crippen molar-refractivity contribution in [3.8, 4) is 5.75 Å². The van der Waals surface area contributed by atoms with E-state index in [1.807, 2.05) is 6.07 Å². The molecule has 2 heterocycles. The van der Waals surface area contributed by atoms with Gasteiger partial charge in [-0.2, -0.15) is 0 Å². The summed E-state index contributed by atoms with van der Waals surface area (Å²) in [5, 5.41) is 23.3. The van der Waals surface area contributed by atoms with E-state index in [0.717, 1.165) is 12.0 Å². The molecule has 1 aromatic carbocycles. The summed E-state index contributed by atoms with van der Waals surface area (Å²) in [6.45, 7) is 2.48. The second-order valence-corrected chi connectivity index (χ2v) is 6.66. The van der Waals surface area contributed by atoms with Crippen molar-refractivity contribution in [1.82, 2.24) is 10.2 Å². The maximum atomic E-state index is 12.3. The SMILES string of the molecule is O=C1NCCC[C@]12CN(Cc1cccc(O)c1Cl)CC[C@@H]2O. The fourth-order valence-corrected chi connectivity index (χ4v) is 3.78. The minimum absolute atomic E-state index is 0.0436. The number of benzene rings is 1. The molecular weight excluding hydrogens is 304 g/mol. The Balaban J connectivity index is 1.78. The molecule has 0 aromatic heterocycles. The predicted octanol–water partition coefficient (Wildman–Crippen LogP) is 1.51. The van der Waals surface area contributed by atoms with Crippen LogP contribution in [0, 0.1) is 5.41 Å². The number of aliphatic hydroxyl groups excluding tert-OH is 1.